The van der Waals surface area contributed by atoms with Crippen LogP contribution in [0, 0.1) is 0 Å². The van der Waals surface area contributed by atoms with Crippen LogP contribution >= 0.6 is 0 Å². The van der Waals surface area contributed by atoms with E-state index in [-0.39, 0.29) is 0 Å². The fourth-order valence-corrected chi connectivity index (χ4v) is 1.97. The molecule has 2 rings (SSSR count). The highest BCUT2D eigenvalue weighted by atomic mass is 15.2. The summed E-state index contributed by atoms with van der Waals surface area (Å²) in [5, 5.41) is 0. The molecule has 0 aliphatic carbocycles. The van der Waals surface area contributed by atoms with Gasteiger partial charge in [0.15, 0.2) is 0 Å². The molecule has 6 N–H and O–H groups in total. The molecular weight excluding hydrogens is 224 g/mol. The first-order valence-electron chi connectivity index (χ1n) is 5.90. The van der Waals surface area contributed by atoms with Gasteiger partial charge in [-0.1, -0.05) is 24.3 Å². The largest absolute Gasteiger partial charge is 0.397 e. The van der Waals surface area contributed by atoms with E-state index < -0.39 is 0 Å². The minimum Gasteiger partial charge on any atom is -0.397 e. The smallest absolute Gasteiger partial charge is 0.0645 e. The van der Waals surface area contributed by atoms with Crippen LogP contribution in [0.15, 0.2) is 48.5 Å². The van der Waals surface area contributed by atoms with Gasteiger partial charge in [0, 0.05) is 13.1 Å². The van der Waals surface area contributed by atoms with Crippen molar-refractivity contribution < 1.29 is 0 Å². The van der Waals surface area contributed by atoms with Gasteiger partial charge in [-0.3, -0.25) is 0 Å². The van der Waals surface area contributed by atoms with Gasteiger partial charge in [0.05, 0.1) is 22.7 Å². The van der Waals surface area contributed by atoms with E-state index in [0.717, 1.165) is 11.4 Å². The van der Waals surface area contributed by atoms with Crippen molar-refractivity contribution >= 4 is 22.7 Å². The van der Waals surface area contributed by atoms with E-state index in [0.29, 0.717) is 24.5 Å². The monoisotopic (exact) mass is 242 g/mol. The molecule has 0 spiro atoms. The topological polar surface area (TPSA) is 81.3 Å². The summed E-state index contributed by atoms with van der Waals surface area (Å²) in [6, 6.07) is 15.4. The number of rotatable bonds is 4. The summed E-state index contributed by atoms with van der Waals surface area (Å²) in [5.74, 6) is 0. The number of para-hydroxylation sites is 4. The molecule has 0 bridgehead atoms. The molecule has 94 valence electrons. The number of nitrogen functional groups attached to an aromatic ring is 2. The molecule has 0 amide bonds. The van der Waals surface area contributed by atoms with Crippen LogP contribution in [-0.4, -0.2) is 13.1 Å². The van der Waals surface area contributed by atoms with E-state index >= 15 is 0 Å². The van der Waals surface area contributed by atoms with E-state index in [9.17, 15) is 0 Å². The summed E-state index contributed by atoms with van der Waals surface area (Å²) < 4.78 is 0. The van der Waals surface area contributed by atoms with Crippen LogP contribution < -0.4 is 22.1 Å². The first kappa shape index (κ1) is 12.3. The molecule has 0 aromatic heterocycles. The molecule has 0 aliphatic rings. The second kappa shape index (κ2) is 5.42. The summed E-state index contributed by atoms with van der Waals surface area (Å²) in [7, 11) is 0. The fraction of sp³-hybridized carbons (Fsp3) is 0.143. The van der Waals surface area contributed by atoms with Gasteiger partial charge in [-0.05, 0) is 24.3 Å². The summed E-state index contributed by atoms with van der Waals surface area (Å²) >= 11 is 0. The normalized spacial score (nSPS) is 10.3. The summed E-state index contributed by atoms with van der Waals surface area (Å²) in [6.07, 6.45) is 0. The quantitative estimate of drug-likeness (QED) is 0.716. The van der Waals surface area contributed by atoms with Gasteiger partial charge in [0.2, 0.25) is 0 Å². The first-order chi connectivity index (χ1) is 8.74. The van der Waals surface area contributed by atoms with Crippen molar-refractivity contribution in [1.82, 2.24) is 0 Å². The molecule has 0 saturated carbocycles. The van der Waals surface area contributed by atoms with E-state index in [1.165, 1.54) is 0 Å². The Morgan fingerprint density at radius 2 is 1.22 bits per heavy atom. The lowest BCUT2D eigenvalue weighted by atomic mass is 10.2. The van der Waals surface area contributed by atoms with Crippen molar-refractivity contribution in [3.63, 3.8) is 0 Å². The van der Waals surface area contributed by atoms with Crippen molar-refractivity contribution in [3.8, 4) is 0 Å². The van der Waals surface area contributed by atoms with Crippen LogP contribution in [-0.2, 0) is 0 Å². The molecule has 0 heterocycles. The standard InChI is InChI=1S/C14H18N4/c15-9-10-18(13-7-3-1-5-11(13)16)14-8-4-2-6-12(14)17/h1-8H,9-10,15-17H2. The lowest BCUT2D eigenvalue weighted by molar-refractivity contribution is 0.924. The fourth-order valence-electron chi connectivity index (χ4n) is 1.97. The highest BCUT2D eigenvalue weighted by Crippen LogP contribution is 2.33. The van der Waals surface area contributed by atoms with Crippen LogP contribution in [0.1, 0.15) is 0 Å². The number of nitrogens with zero attached hydrogens (tertiary/aromatic N) is 1. The zero-order valence-electron chi connectivity index (χ0n) is 10.2. The molecule has 18 heavy (non-hydrogen) atoms. The predicted molar refractivity (Wildman–Crippen MR) is 77.8 cm³/mol. The van der Waals surface area contributed by atoms with Crippen LogP contribution in [0.5, 0.6) is 0 Å². The first-order valence-corrected chi connectivity index (χ1v) is 5.90. The zero-order chi connectivity index (χ0) is 13.0. The molecule has 4 heteroatoms. The maximum absolute atomic E-state index is 6.02. The van der Waals surface area contributed by atoms with Crippen molar-refractivity contribution in [2.45, 2.75) is 0 Å². The minimum absolute atomic E-state index is 0.530. The second-order valence-electron chi connectivity index (χ2n) is 4.06. The number of benzene rings is 2. The Kier molecular flexibility index (Phi) is 3.69. The van der Waals surface area contributed by atoms with Crippen LogP contribution in [0.2, 0.25) is 0 Å². The van der Waals surface area contributed by atoms with E-state index in [2.05, 4.69) is 0 Å². The van der Waals surface area contributed by atoms with Gasteiger partial charge in [0.25, 0.3) is 0 Å². The predicted octanol–water partition coefficient (Wildman–Crippen LogP) is 1.95. The third-order valence-corrected chi connectivity index (χ3v) is 2.81. The van der Waals surface area contributed by atoms with Crippen LogP contribution in [0.4, 0.5) is 22.7 Å². The Morgan fingerprint density at radius 3 is 1.61 bits per heavy atom. The van der Waals surface area contributed by atoms with E-state index in [4.69, 9.17) is 17.2 Å². The summed E-state index contributed by atoms with van der Waals surface area (Å²) in [6.45, 7) is 1.20. The number of nitrogens with two attached hydrogens (primary N) is 3. The van der Waals surface area contributed by atoms with Crippen LogP contribution in [0.3, 0.4) is 0 Å². The van der Waals surface area contributed by atoms with Gasteiger partial charge < -0.3 is 22.1 Å². The van der Waals surface area contributed by atoms with Crippen molar-refractivity contribution in [2.24, 2.45) is 5.73 Å². The van der Waals surface area contributed by atoms with Crippen LogP contribution in [0.25, 0.3) is 0 Å². The molecule has 2 aromatic rings. The third kappa shape index (κ3) is 2.38. The average Bonchev–Trinajstić information content (AvgIpc) is 2.38. The number of hydrogen-bond acceptors (Lipinski definition) is 4. The maximum atomic E-state index is 6.02. The van der Waals surface area contributed by atoms with Gasteiger partial charge in [-0.15, -0.1) is 0 Å². The molecule has 0 fully saturated rings. The Labute approximate surface area is 107 Å². The Morgan fingerprint density at radius 1 is 0.778 bits per heavy atom. The number of anilines is 4. The lowest BCUT2D eigenvalue weighted by Gasteiger charge is -2.26. The van der Waals surface area contributed by atoms with Gasteiger partial charge in [-0.2, -0.15) is 0 Å². The maximum Gasteiger partial charge on any atom is 0.0645 e. The molecule has 0 radical (unpaired) electrons. The highest BCUT2D eigenvalue weighted by molar-refractivity contribution is 5.80. The zero-order valence-corrected chi connectivity index (χ0v) is 10.2. The molecule has 0 unspecified atom stereocenters. The lowest BCUT2D eigenvalue weighted by Crippen LogP contribution is -2.26. The third-order valence-electron chi connectivity index (χ3n) is 2.81. The molecule has 0 saturated heterocycles. The molecule has 0 atom stereocenters. The van der Waals surface area contributed by atoms with Crippen molar-refractivity contribution in [1.29, 1.82) is 0 Å². The molecule has 0 aliphatic heterocycles. The van der Waals surface area contributed by atoms with E-state index in [1.54, 1.807) is 0 Å². The second-order valence-corrected chi connectivity index (χ2v) is 4.06. The van der Waals surface area contributed by atoms with Gasteiger partial charge >= 0.3 is 0 Å². The Bertz CT molecular complexity index is 479. The van der Waals surface area contributed by atoms with Crippen molar-refractivity contribution in [3.05, 3.63) is 48.5 Å². The minimum atomic E-state index is 0.530. The average molecular weight is 242 g/mol. The highest BCUT2D eigenvalue weighted by Gasteiger charge is 2.13. The van der Waals surface area contributed by atoms with E-state index in [1.807, 2.05) is 53.4 Å². The van der Waals surface area contributed by atoms with Crippen molar-refractivity contribution in [2.75, 3.05) is 29.5 Å². The SMILES string of the molecule is NCCN(c1ccccc1N)c1ccccc1N. The molecular formula is C14H18N4. The Hall–Kier alpha value is -2.20. The molecule has 4 nitrogen and oxygen atoms in total. The summed E-state index contributed by atoms with van der Waals surface area (Å²) in [5.41, 5.74) is 21.0. The Balaban J connectivity index is 2.47. The van der Waals surface area contributed by atoms with Gasteiger partial charge in [0.1, 0.15) is 0 Å². The molecule has 2 aromatic carbocycles. The van der Waals surface area contributed by atoms with Gasteiger partial charge in [-0.25, -0.2) is 0 Å². The number of hydrogen-bond donors (Lipinski definition) is 3. The summed E-state index contributed by atoms with van der Waals surface area (Å²) in [4.78, 5) is 2.05.